The predicted molar refractivity (Wildman–Crippen MR) is 122 cm³/mol. The van der Waals surface area contributed by atoms with E-state index in [-0.39, 0.29) is 23.9 Å². The van der Waals surface area contributed by atoms with E-state index in [0.29, 0.717) is 22.4 Å². The molecule has 168 valence electrons. The number of H-pyrrole nitrogens is 2. The smallest absolute Gasteiger partial charge is 0.325 e. The van der Waals surface area contributed by atoms with Crippen molar-refractivity contribution in [1.82, 2.24) is 24.7 Å². The zero-order chi connectivity index (χ0) is 23.4. The summed E-state index contributed by atoms with van der Waals surface area (Å²) in [6.45, 7) is 1.95. The van der Waals surface area contributed by atoms with Gasteiger partial charge in [0.1, 0.15) is 11.6 Å². The number of rotatable bonds is 7. The molecule has 4 rings (SSSR count). The molecule has 11 heteroatoms. The summed E-state index contributed by atoms with van der Waals surface area (Å²) in [5, 5.41) is 11.6. The van der Waals surface area contributed by atoms with E-state index in [2.05, 4.69) is 25.5 Å². The van der Waals surface area contributed by atoms with Gasteiger partial charge in [0.05, 0.1) is 5.75 Å². The van der Waals surface area contributed by atoms with Crippen LogP contribution in [-0.4, -0.2) is 36.4 Å². The van der Waals surface area contributed by atoms with E-state index in [0.717, 1.165) is 11.3 Å². The van der Waals surface area contributed by atoms with Crippen LogP contribution in [0.3, 0.4) is 0 Å². The number of thioether (sulfide) groups is 1. The van der Waals surface area contributed by atoms with Crippen molar-refractivity contribution in [1.29, 1.82) is 0 Å². The number of anilines is 1. The summed E-state index contributed by atoms with van der Waals surface area (Å²) in [4.78, 5) is 40.4. The molecule has 0 aliphatic carbocycles. The maximum atomic E-state index is 13.1. The minimum atomic E-state index is -0.605. The molecule has 0 aliphatic heterocycles. The molecule has 0 bridgehead atoms. The van der Waals surface area contributed by atoms with Crippen LogP contribution in [0.2, 0.25) is 0 Å². The predicted octanol–water partition coefficient (Wildman–Crippen LogP) is 2.41. The topological polar surface area (TPSA) is 126 Å². The molecule has 0 saturated carbocycles. The van der Waals surface area contributed by atoms with Crippen molar-refractivity contribution in [3.05, 3.63) is 98.3 Å². The van der Waals surface area contributed by atoms with E-state index in [4.69, 9.17) is 0 Å². The molecule has 1 amide bonds. The molecule has 0 radical (unpaired) electrons. The fourth-order valence-corrected chi connectivity index (χ4v) is 3.95. The van der Waals surface area contributed by atoms with E-state index in [1.807, 2.05) is 31.2 Å². The maximum Gasteiger partial charge on any atom is 0.325 e. The first kappa shape index (κ1) is 22.2. The molecule has 3 N–H and O–H groups in total. The van der Waals surface area contributed by atoms with Gasteiger partial charge in [-0.3, -0.25) is 19.1 Å². The highest BCUT2D eigenvalue weighted by atomic mass is 32.2. The molecular formula is C22H19FN6O3S. The molecule has 0 aliphatic rings. The maximum absolute atomic E-state index is 13.1. The molecule has 0 spiro atoms. The van der Waals surface area contributed by atoms with E-state index in [9.17, 15) is 18.8 Å². The number of hydrogen-bond acceptors (Lipinski definition) is 6. The van der Waals surface area contributed by atoms with Gasteiger partial charge in [0, 0.05) is 29.6 Å². The molecule has 2 heterocycles. The van der Waals surface area contributed by atoms with Crippen molar-refractivity contribution in [3.8, 4) is 5.69 Å². The van der Waals surface area contributed by atoms with Crippen LogP contribution < -0.4 is 16.6 Å². The molecule has 4 aromatic rings. The number of carbonyl (C=O) groups is 1. The summed E-state index contributed by atoms with van der Waals surface area (Å²) in [6.07, 6.45) is 0.155. The largest absolute Gasteiger partial charge is 0.325 e. The minimum Gasteiger partial charge on any atom is -0.325 e. The number of hydrogen-bond donors (Lipinski definition) is 3. The zero-order valence-corrected chi connectivity index (χ0v) is 18.3. The highest BCUT2D eigenvalue weighted by Crippen LogP contribution is 2.24. The third-order valence-corrected chi connectivity index (χ3v) is 5.51. The van der Waals surface area contributed by atoms with Gasteiger partial charge in [0.2, 0.25) is 5.91 Å². The summed E-state index contributed by atoms with van der Waals surface area (Å²) in [5.41, 5.74) is 1.55. The van der Waals surface area contributed by atoms with Crippen molar-refractivity contribution in [2.75, 3.05) is 11.1 Å². The van der Waals surface area contributed by atoms with E-state index in [1.165, 1.54) is 42.1 Å². The number of aryl methyl sites for hydroxylation is 1. The van der Waals surface area contributed by atoms with E-state index in [1.54, 1.807) is 4.57 Å². The quantitative estimate of drug-likeness (QED) is 0.359. The zero-order valence-electron chi connectivity index (χ0n) is 17.5. The molecule has 9 nitrogen and oxygen atoms in total. The van der Waals surface area contributed by atoms with Gasteiger partial charge in [-0.25, -0.2) is 9.18 Å². The lowest BCUT2D eigenvalue weighted by atomic mass is 10.2. The third kappa shape index (κ3) is 5.63. The summed E-state index contributed by atoms with van der Waals surface area (Å²) in [6, 6.07) is 14.4. The fourth-order valence-electron chi connectivity index (χ4n) is 3.18. The second-order valence-electron chi connectivity index (χ2n) is 7.21. The van der Waals surface area contributed by atoms with Crippen LogP contribution in [-0.2, 0) is 11.2 Å². The van der Waals surface area contributed by atoms with Crippen LogP contribution in [0.5, 0.6) is 0 Å². The number of carbonyl (C=O) groups excluding carboxylic acids is 1. The lowest BCUT2D eigenvalue weighted by Crippen LogP contribution is -2.23. The van der Waals surface area contributed by atoms with Crippen molar-refractivity contribution in [2.24, 2.45) is 0 Å². The number of benzene rings is 2. The first-order valence-electron chi connectivity index (χ1n) is 9.89. The van der Waals surface area contributed by atoms with Crippen LogP contribution in [0.1, 0.15) is 17.1 Å². The normalized spacial score (nSPS) is 10.8. The second-order valence-corrected chi connectivity index (χ2v) is 8.15. The Kier molecular flexibility index (Phi) is 6.50. The van der Waals surface area contributed by atoms with E-state index < -0.39 is 11.2 Å². The number of amides is 1. The Morgan fingerprint density at radius 3 is 2.61 bits per heavy atom. The number of aromatic amines is 2. The van der Waals surface area contributed by atoms with Gasteiger partial charge in [-0.05, 0) is 48.9 Å². The van der Waals surface area contributed by atoms with Crippen LogP contribution in [0.25, 0.3) is 5.69 Å². The Morgan fingerprint density at radius 2 is 1.88 bits per heavy atom. The Morgan fingerprint density at radius 1 is 1.09 bits per heavy atom. The third-order valence-electron chi connectivity index (χ3n) is 4.59. The van der Waals surface area contributed by atoms with Gasteiger partial charge in [0.15, 0.2) is 5.16 Å². The standard InChI is InChI=1S/C22H19FN6O3S/c1-13-3-2-4-17(9-13)29-18(10-16-11-19(30)26-21(32)25-16)27-28-22(29)33-12-20(31)24-15-7-5-14(23)6-8-15/h2-9,11H,10,12H2,1H3,(H,24,31)(H2,25,26,30,32). The van der Waals surface area contributed by atoms with Crippen LogP contribution in [0, 0.1) is 12.7 Å². The van der Waals surface area contributed by atoms with Crippen molar-refractivity contribution in [2.45, 2.75) is 18.5 Å². The van der Waals surface area contributed by atoms with Crippen molar-refractivity contribution >= 4 is 23.4 Å². The Bertz CT molecular complexity index is 1380. The van der Waals surface area contributed by atoms with Gasteiger partial charge in [-0.15, -0.1) is 10.2 Å². The SMILES string of the molecule is Cc1cccc(-n2c(Cc3cc(=O)[nH]c(=O)[nH]3)nnc2SCC(=O)Nc2ccc(F)cc2)c1. The molecule has 0 unspecified atom stereocenters. The number of aromatic nitrogens is 5. The lowest BCUT2D eigenvalue weighted by molar-refractivity contribution is -0.113. The molecule has 0 saturated heterocycles. The number of halogens is 1. The summed E-state index contributed by atoms with van der Waals surface area (Å²) < 4.78 is 14.8. The van der Waals surface area contributed by atoms with Gasteiger partial charge in [-0.1, -0.05) is 23.9 Å². The molecule has 2 aromatic heterocycles. The highest BCUT2D eigenvalue weighted by molar-refractivity contribution is 7.99. The van der Waals surface area contributed by atoms with Crippen LogP contribution in [0.15, 0.2) is 69.3 Å². The average molecular weight is 466 g/mol. The Hall–Kier alpha value is -3.99. The Balaban J connectivity index is 1.59. The Labute approximate surface area is 191 Å². The summed E-state index contributed by atoms with van der Waals surface area (Å²) in [7, 11) is 0. The number of nitrogens with zero attached hydrogens (tertiary/aromatic N) is 3. The first-order chi connectivity index (χ1) is 15.9. The molecule has 33 heavy (non-hydrogen) atoms. The molecule has 0 atom stereocenters. The van der Waals surface area contributed by atoms with E-state index >= 15 is 0 Å². The van der Waals surface area contributed by atoms with Crippen molar-refractivity contribution in [3.63, 3.8) is 0 Å². The molecular weight excluding hydrogens is 447 g/mol. The van der Waals surface area contributed by atoms with Gasteiger partial charge in [0.25, 0.3) is 5.56 Å². The van der Waals surface area contributed by atoms with Crippen LogP contribution >= 0.6 is 11.8 Å². The fraction of sp³-hybridized carbons (Fsp3) is 0.136. The first-order valence-corrected chi connectivity index (χ1v) is 10.9. The van der Waals surface area contributed by atoms with Gasteiger partial charge < -0.3 is 10.3 Å². The molecule has 2 aromatic carbocycles. The second kappa shape index (κ2) is 9.65. The monoisotopic (exact) mass is 466 g/mol. The van der Waals surface area contributed by atoms with Gasteiger partial charge in [-0.2, -0.15) is 0 Å². The summed E-state index contributed by atoms with van der Waals surface area (Å²) >= 11 is 1.18. The van der Waals surface area contributed by atoms with Crippen molar-refractivity contribution < 1.29 is 9.18 Å². The van der Waals surface area contributed by atoms with Gasteiger partial charge >= 0.3 is 5.69 Å². The number of nitrogens with one attached hydrogen (secondary N) is 3. The average Bonchev–Trinajstić information content (AvgIpc) is 3.15. The lowest BCUT2D eigenvalue weighted by Gasteiger charge is -2.11. The molecule has 0 fully saturated rings. The minimum absolute atomic E-state index is 0.0448. The highest BCUT2D eigenvalue weighted by Gasteiger charge is 2.17. The summed E-state index contributed by atoms with van der Waals surface area (Å²) in [5.74, 6) is -0.138. The van der Waals surface area contributed by atoms with Crippen LogP contribution in [0.4, 0.5) is 10.1 Å².